The number of aliphatic hydroxyl groups excluding tert-OH is 1. The molecule has 2 aliphatic rings. The van der Waals surface area contributed by atoms with Crippen molar-refractivity contribution in [2.24, 2.45) is 0 Å². The van der Waals surface area contributed by atoms with Gasteiger partial charge in [0.25, 0.3) is 0 Å². The van der Waals surface area contributed by atoms with Crippen molar-refractivity contribution in [3.05, 3.63) is 24.3 Å². The normalized spacial score (nSPS) is 24.5. The number of carbonyl (C=O) groups excluding carboxylic acids is 1. The molecule has 2 aliphatic heterocycles. The van der Waals surface area contributed by atoms with Gasteiger partial charge in [-0.2, -0.15) is 0 Å². The molecule has 144 valence electrons. The van der Waals surface area contributed by atoms with E-state index in [0.717, 1.165) is 12.1 Å². The second-order valence-electron chi connectivity index (χ2n) is 6.19. The smallest absolute Gasteiger partial charge is 0.406 e. The molecule has 2 fully saturated rings. The number of nitrogens with one attached hydrogen (secondary N) is 1. The van der Waals surface area contributed by atoms with Gasteiger partial charge in [-0.15, -0.1) is 13.2 Å². The highest BCUT2D eigenvalue weighted by molar-refractivity contribution is 5.89. The van der Waals surface area contributed by atoms with E-state index in [1.165, 1.54) is 17.0 Å². The number of urea groups is 1. The minimum absolute atomic E-state index is 0.159. The zero-order valence-corrected chi connectivity index (χ0v) is 13.9. The fourth-order valence-corrected chi connectivity index (χ4v) is 3.18. The van der Waals surface area contributed by atoms with Gasteiger partial charge in [0, 0.05) is 31.4 Å². The number of anilines is 1. The Balaban J connectivity index is 1.59. The number of hydrogen-bond acceptors (Lipinski definition) is 5. The van der Waals surface area contributed by atoms with Crippen LogP contribution in [0.15, 0.2) is 24.3 Å². The number of alkyl halides is 3. The standard InChI is InChI=1S/C16H20F3N3O4/c17-16(18,19)26-12-3-1-2-11(8-12)20-15(24)22-9-13(14(23)10-22)21-4-6-25-7-5-21/h1-3,8,13-14,23H,4-7,9-10H2,(H,20,24)/t13-,14-/m0/s1. The van der Waals surface area contributed by atoms with Crippen molar-refractivity contribution in [1.82, 2.24) is 9.80 Å². The summed E-state index contributed by atoms with van der Waals surface area (Å²) >= 11 is 0. The lowest BCUT2D eigenvalue weighted by Gasteiger charge is -2.33. The Hall–Kier alpha value is -2.04. The lowest BCUT2D eigenvalue weighted by molar-refractivity contribution is -0.274. The highest BCUT2D eigenvalue weighted by Gasteiger charge is 2.38. The van der Waals surface area contributed by atoms with Gasteiger partial charge in [-0.05, 0) is 12.1 Å². The van der Waals surface area contributed by atoms with E-state index < -0.39 is 24.2 Å². The predicted molar refractivity (Wildman–Crippen MR) is 85.9 cm³/mol. The number of β-amino-alcohol motifs (C(OH)–C–C–N with tert-alkyl or cyclic N) is 1. The number of likely N-dealkylation sites (tertiary alicyclic amines) is 1. The zero-order valence-electron chi connectivity index (χ0n) is 13.9. The van der Waals surface area contributed by atoms with Crippen LogP contribution in [0.5, 0.6) is 5.75 Å². The number of nitrogens with zero attached hydrogens (tertiary/aromatic N) is 2. The maximum Gasteiger partial charge on any atom is 0.573 e. The Kier molecular flexibility index (Phi) is 5.54. The summed E-state index contributed by atoms with van der Waals surface area (Å²) in [6, 6.07) is 4.40. The summed E-state index contributed by atoms with van der Waals surface area (Å²) in [5.41, 5.74) is 0.182. The van der Waals surface area contributed by atoms with Crippen molar-refractivity contribution in [2.45, 2.75) is 18.5 Å². The maximum absolute atomic E-state index is 12.4. The Morgan fingerprint density at radius 3 is 2.69 bits per heavy atom. The fourth-order valence-electron chi connectivity index (χ4n) is 3.18. The zero-order chi connectivity index (χ0) is 18.7. The Bertz CT molecular complexity index is 637. The summed E-state index contributed by atoms with van der Waals surface area (Å²) in [6.07, 6.45) is -5.48. The molecule has 2 atom stereocenters. The molecule has 2 saturated heterocycles. The van der Waals surface area contributed by atoms with Gasteiger partial charge in [0.15, 0.2) is 0 Å². The van der Waals surface area contributed by atoms with Crippen LogP contribution in [0.25, 0.3) is 0 Å². The number of rotatable bonds is 3. The number of morpholine rings is 1. The molecular weight excluding hydrogens is 355 g/mol. The summed E-state index contributed by atoms with van der Waals surface area (Å²) in [5, 5.41) is 12.8. The SMILES string of the molecule is O=C(Nc1cccc(OC(F)(F)F)c1)N1C[C@H](O)[C@@H](N2CCOCC2)C1. The molecule has 2 heterocycles. The average molecular weight is 375 g/mol. The molecule has 0 spiro atoms. The maximum atomic E-state index is 12.4. The van der Waals surface area contributed by atoms with Crippen LogP contribution in [0.4, 0.5) is 23.7 Å². The minimum atomic E-state index is -4.80. The van der Waals surface area contributed by atoms with Crippen molar-refractivity contribution in [3.63, 3.8) is 0 Å². The van der Waals surface area contributed by atoms with Gasteiger partial charge in [0.05, 0.1) is 31.9 Å². The van der Waals surface area contributed by atoms with Gasteiger partial charge >= 0.3 is 12.4 Å². The third-order valence-corrected chi connectivity index (χ3v) is 4.38. The second kappa shape index (κ2) is 7.68. The molecule has 2 N–H and O–H groups in total. The Labute approximate surface area is 148 Å². The van der Waals surface area contributed by atoms with E-state index in [1.807, 2.05) is 0 Å². The summed E-state index contributed by atoms with van der Waals surface area (Å²) in [5.74, 6) is -0.414. The average Bonchev–Trinajstić information content (AvgIpc) is 2.96. The lowest BCUT2D eigenvalue weighted by Crippen LogP contribution is -2.49. The molecule has 0 aromatic heterocycles. The van der Waals surface area contributed by atoms with Crippen molar-refractivity contribution < 1.29 is 32.5 Å². The summed E-state index contributed by atoms with van der Waals surface area (Å²) in [7, 11) is 0. The molecule has 0 radical (unpaired) electrons. The van der Waals surface area contributed by atoms with Crippen molar-refractivity contribution in [1.29, 1.82) is 0 Å². The van der Waals surface area contributed by atoms with E-state index in [0.29, 0.717) is 32.8 Å². The molecule has 0 bridgehead atoms. The quantitative estimate of drug-likeness (QED) is 0.838. The van der Waals surface area contributed by atoms with Crippen molar-refractivity contribution in [3.8, 4) is 5.75 Å². The van der Waals surface area contributed by atoms with Crippen LogP contribution in [0, 0.1) is 0 Å². The first-order chi connectivity index (χ1) is 12.3. The number of halogens is 3. The van der Waals surface area contributed by atoms with Crippen LogP contribution in [0.1, 0.15) is 0 Å². The molecular formula is C16H20F3N3O4. The molecule has 0 saturated carbocycles. The minimum Gasteiger partial charge on any atom is -0.406 e. The van der Waals surface area contributed by atoms with E-state index in [4.69, 9.17) is 4.74 Å². The topological polar surface area (TPSA) is 74.3 Å². The summed E-state index contributed by atoms with van der Waals surface area (Å²) < 4.78 is 46.0. The molecule has 26 heavy (non-hydrogen) atoms. The van der Waals surface area contributed by atoms with Crippen LogP contribution in [0.3, 0.4) is 0 Å². The van der Waals surface area contributed by atoms with E-state index in [9.17, 15) is 23.1 Å². The van der Waals surface area contributed by atoms with Gasteiger partial charge in [-0.3, -0.25) is 4.90 Å². The summed E-state index contributed by atoms with van der Waals surface area (Å²) in [6.45, 7) is 3.04. The third-order valence-electron chi connectivity index (χ3n) is 4.38. The van der Waals surface area contributed by atoms with Crippen molar-refractivity contribution in [2.75, 3.05) is 44.7 Å². The first kappa shape index (κ1) is 18.7. The van der Waals surface area contributed by atoms with E-state index in [1.54, 1.807) is 0 Å². The molecule has 3 rings (SSSR count). The molecule has 0 unspecified atom stereocenters. The molecule has 0 aliphatic carbocycles. The predicted octanol–water partition coefficient (Wildman–Crippen LogP) is 1.49. The molecule has 2 amide bonds. The number of ether oxygens (including phenoxy) is 2. The van der Waals surface area contributed by atoms with E-state index in [-0.39, 0.29) is 18.3 Å². The number of carbonyl (C=O) groups is 1. The fraction of sp³-hybridized carbons (Fsp3) is 0.562. The van der Waals surface area contributed by atoms with Crippen molar-refractivity contribution >= 4 is 11.7 Å². The molecule has 1 aromatic rings. The highest BCUT2D eigenvalue weighted by Crippen LogP contribution is 2.25. The van der Waals surface area contributed by atoms with E-state index in [2.05, 4.69) is 15.0 Å². The first-order valence-electron chi connectivity index (χ1n) is 8.23. The monoisotopic (exact) mass is 375 g/mol. The molecule has 10 heteroatoms. The van der Waals surface area contributed by atoms with Crippen LogP contribution < -0.4 is 10.1 Å². The van der Waals surface area contributed by atoms with Gasteiger partial charge in [0.2, 0.25) is 0 Å². The molecule has 1 aromatic carbocycles. The van der Waals surface area contributed by atoms with Gasteiger partial charge < -0.3 is 24.8 Å². The van der Waals surface area contributed by atoms with Crippen LogP contribution >= 0.6 is 0 Å². The van der Waals surface area contributed by atoms with Gasteiger partial charge in [0.1, 0.15) is 5.75 Å². The Morgan fingerprint density at radius 2 is 2.00 bits per heavy atom. The number of aliphatic hydroxyl groups is 1. The number of amides is 2. The lowest BCUT2D eigenvalue weighted by atomic mass is 10.2. The number of hydrogen-bond donors (Lipinski definition) is 2. The highest BCUT2D eigenvalue weighted by atomic mass is 19.4. The van der Waals surface area contributed by atoms with Crippen LogP contribution in [-0.2, 0) is 4.74 Å². The Morgan fingerprint density at radius 1 is 1.27 bits per heavy atom. The second-order valence-corrected chi connectivity index (χ2v) is 6.19. The third kappa shape index (κ3) is 4.77. The van der Waals surface area contributed by atoms with E-state index >= 15 is 0 Å². The summed E-state index contributed by atoms with van der Waals surface area (Å²) in [4.78, 5) is 15.9. The first-order valence-corrected chi connectivity index (χ1v) is 8.23. The number of benzene rings is 1. The largest absolute Gasteiger partial charge is 0.573 e. The van der Waals surface area contributed by atoms with Crippen LogP contribution in [-0.4, -0.2) is 78.8 Å². The van der Waals surface area contributed by atoms with Gasteiger partial charge in [-0.25, -0.2) is 4.79 Å². The molecule has 7 nitrogen and oxygen atoms in total. The van der Waals surface area contributed by atoms with Gasteiger partial charge in [-0.1, -0.05) is 6.07 Å². The van der Waals surface area contributed by atoms with Crippen LogP contribution in [0.2, 0.25) is 0 Å².